The summed E-state index contributed by atoms with van der Waals surface area (Å²) in [6.45, 7) is -1.23. The molecule has 0 spiro atoms. The molecule has 1 aliphatic carbocycles. The second-order valence-corrected chi connectivity index (χ2v) is 4.70. The van der Waals surface area contributed by atoms with E-state index in [-0.39, 0.29) is 51.5 Å². The lowest BCUT2D eigenvalue weighted by atomic mass is 9.62. The number of carbonyl (C=O) groups is 1. The minimum absolute atomic E-state index is 0.113. The van der Waals surface area contributed by atoms with Crippen LogP contribution in [0.15, 0.2) is 0 Å². The molecule has 0 radical (unpaired) electrons. The molecule has 0 unspecified atom stereocenters. The van der Waals surface area contributed by atoms with E-state index >= 15 is 0 Å². The zero-order valence-corrected chi connectivity index (χ0v) is 8.65. The number of ketones is 1. The summed E-state index contributed by atoms with van der Waals surface area (Å²) in [5.74, 6) is -0.132. The molecule has 1 aliphatic rings. The largest absolute Gasteiger partial charge is 0.396 e. The molecule has 0 saturated heterocycles. The van der Waals surface area contributed by atoms with Gasteiger partial charge in [0.25, 0.3) is 0 Å². The fourth-order valence-electron chi connectivity index (χ4n) is 2.37. The summed E-state index contributed by atoms with van der Waals surface area (Å²) in [6, 6.07) is 0. The smallest absolute Gasteiger partial charge is 0.134 e. The predicted octanol–water partition coefficient (Wildman–Crippen LogP) is -1.32. The van der Waals surface area contributed by atoms with Gasteiger partial charge in [0.15, 0.2) is 0 Å². The summed E-state index contributed by atoms with van der Waals surface area (Å²) < 4.78 is 0. The van der Waals surface area contributed by atoms with Gasteiger partial charge < -0.3 is 20.4 Å². The number of aliphatic hydroxyl groups is 4. The van der Waals surface area contributed by atoms with E-state index < -0.39 is 10.8 Å². The van der Waals surface area contributed by atoms with E-state index in [1.54, 1.807) is 0 Å². The molecule has 0 aromatic carbocycles. The summed E-state index contributed by atoms with van der Waals surface area (Å²) >= 11 is 0. The van der Waals surface area contributed by atoms with Gasteiger partial charge in [-0.05, 0) is 6.42 Å². The number of rotatable bonds is 4. The maximum absolute atomic E-state index is 11.5. The molecule has 4 N–H and O–H groups in total. The Labute approximate surface area is 88.4 Å². The van der Waals surface area contributed by atoms with Gasteiger partial charge in [-0.25, -0.2) is 0 Å². The Bertz CT molecular complexity index is 208. The van der Waals surface area contributed by atoms with E-state index in [1.807, 2.05) is 0 Å². The SMILES string of the molecule is O=C1CC(CO)(CO)CC(CO)(CO)C1. The molecule has 0 atom stereocenters. The number of hydrogen-bond acceptors (Lipinski definition) is 5. The van der Waals surface area contributed by atoms with Crippen LogP contribution in [0, 0.1) is 10.8 Å². The Morgan fingerprint density at radius 1 is 0.867 bits per heavy atom. The normalized spacial score (nSPS) is 24.1. The standard InChI is InChI=1S/C10H18O5/c11-4-9(5-12)1-8(15)2-10(3-9,6-13)7-14/h11-14H,1-7H2. The van der Waals surface area contributed by atoms with Crippen molar-refractivity contribution in [3.05, 3.63) is 0 Å². The number of hydrogen-bond donors (Lipinski definition) is 4. The van der Waals surface area contributed by atoms with E-state index in [1.165, 1.54) is 0 Å². The highest BCUT2D eigenvalue weighted by atomic mass is 16.3. The summed E-state index contributed by atoms with van der Waals surface area (Å²) in [5.41, 5.74) is -1.78. The van der Waals surface area contributed by atoms with Gasteiger partial charge in [0.05, 0.1) is 26.4 Å². The second-order valence-electron chi connectivity index (χ2n) is 4.70. The van der Waals surface area contributed by atoms with Crippen LogP contribution < -0.4 is 0 Å². The molecule has 0 amide bonds. The van der Waals surface area contributed by atoms with Crippen LogP contribution in [0.25, 0.3) is 0 Å². The fourth-order valence-corrected chi connectivity index (χ4v) is 2.37. The molecule has 0 aliphatic heterocycles. The van der Waals surface area contributed by atoms with E-state index in [2.05, 4.69) is 0 Å². The van der Waals surface area contributed by atoms with Crippen molar-refractivity contribution in [3.63, 3.8) is 0 Å². The van der Waals surface area contributed by atoms with Crippen molar-refractivity contribution in [3.8, 4) is 0 Å². The lowest BCUT2D eigenvalue weighted by Crippen LogP contribution is -2.48. The van der Waals surface area contributed by atoms with Crippen LogP contribution >= 0.6 is 0 Å². The number of Topliss-reactive ketones (excluding diaryl/α,β-unsaturated/α-hetero) is 1. The van der Waals surface area contributed by atoms with Gasteiger partial charge in [0.2, 0.25) is 0 Å². The summed E-state index contributed by atoms with van der Waals surface area (Å²) in [4.78, 5) is 11.5. The van der Waals surface area contributed by atoms with Gasteiger partial charge in [-0.3, -0.25) is 4.79 Å². The highest BCUT2D eigenvalue weighted by molar-refractivity contribution is 5.81. The van der Waals surface area contributed by atoms with Crippen LogP contribution in [0.3, 0.4) is 0 Å². The molecule has 0 aromatic rings. The number of carbonyl (C=O) groups excluding carboxylic acids is 1. The Hall–Kier alpha value is -0.490. The average Bonchev–Trinajstić information content (AvgIpc) is 2.28. The Morgan fingerprint density at radius 3 is 1.47 bits per heavy atom. The monoisotopic (exact) mass is 218 g/mol. The lowest BCUT2D eigenvalue weighted by molar-refractivity contribution is -0.139. The zero-order chi connectivity index (χ0) is 11.5. The molecule has 15 heavy (non-hydrogen) atoms. The zero-order valence-electron chi connectivity index (χ0n) is 8.65. The average molecular weight is 218 g/mol. The molecule has 0 heterocycles. The van der Waals surface area contributed by atoms with Gasteiger partial charge in [-0.15, -0.1) is 0 Å². The Kier molecular flexibility index (Phi) is 3.83. The molecule has 1 saturated carbocycles. The second kappa shape index (κ2) is 4.57. The van der Waals surface area contributed by atoms with E-state index in [9.17, 15) is 25.2 Å². The molecule has 0 aromatic heterocycles. The maximum Gasteiger partial charge on any atom is 0.134 e. The van der Waals surface area contributed by atoms with Crippen molar-refractivity contribution < 1.29 is 25.2 Å². The summed E-state index contributed by atoms with van der Waals surface area (Å²) in [5, 5.41) is 36.8. The van der Waals surface area contributed by atoms with E-state index in [0.29, 0.717) is 0 Å². The summed E-state index contributed by atoms with van der Waals surface area (Å²) in [6.07, 6.45) is 0.495. The molecule has 0 bridgehead atoms. The number of aliphatic hydroxyl groups excluding tert-OH is 4. The summed E-state index contributed by atoms with van der Waals surface area (Å²) in [7, 11) is 0. The Morgan fingerprint density at radius 2 is 1.20 bits per heavy atom. The van der Waals surface area contributed by atoms with E-state index in [0.717, 1.165) is 0 Å². The minimum Gasteiger partial charge on any atom is -0.396 e. The third kappa shape index (κ3) is 2.36. The van der Waals surface area contributed by atoms with Gasteiger partial charge in [-0.1, -0.05) is 0 Å². The fraction of sp³-hybridized carbons (Fsp3) is 0.900. The Balaban J connectivity index is 2.92. The van der Waals surface area contributed by atoms with Crippen LogP contribution in [0.1, 0.15) is 19.3 Å². The van der Waals surface area contributed by atoms with Crippen LogP contribution in [0.4, 0.5) is 0 Å². The van der Waals surface area contributed by atoms with Crippen molar-refractivity contribution in [1.29, 1.82) is 0 Å². The third-order valence-electron chi connectivity index (χ3n) is 3.24. The van der Waals surface area contributed by atoms with Gasteiger partial charge in [0, 0.05) is 23.7 Å². The first-order valence-corrected chi connectivity index (χ1v) is 5.00. The topological polar surface area (TPSA) is 98.0 Å². The molecular weight excluding hydrogens is 200 g/mol. The lowest BCUT2D eigenvalue weighted by Gasteiger charge is -2.43. The molecule has 1 rings (SSSR count). The van der Waals surface area contributed by atoms with Crippen molar-refractivity contribution in [2.45, 2.75) is 19.3 Å². The highest BCUT2D eigenvalue weighted by Gasteiger charge is 2.47. The first-order valence-electron chi connectivity index (χ1n) is 5.00. The van der Waals surface area contributed by atoms with Crippen molar-refractivity contribution >= 4 is 5.78 Å². The minimum atomic E-state index is -0.888. The van der Waals surface area contributed by atoms with Crippen molar-refractivity contribution in [2.24, 2.45) is 10.8 Å². The van der Waals surface area contributed by atoms with Gasteiger partial charge in [-0.2, -0.15) is 0 Å². The molecule has 88 valence electrons. The van der Waals surface area contributed by atoms with Crippen molar-refractivity contribution in [2.75, 3.05) is 26.4 Å². The van der Waals surface area contributed by atoms with Crippen LogP contribution in [-0.2, 0) is 4.79 Å². The molecule has 5 heteroatoms. The van der Waals surface area contributed by atoms with Gasteiger partial charge >= 0.3 is 0 Å². The molecule has 1 fully saturated rings. The predicted molar refractivity (Wildman–Crippen MR) is 52.1 cm³/mol. The van der Waals surface area contributed by atoms with Crippen LogP contribution in [0.5, 0.6) is 0 Å². The van der Waals surface area contributed by atoms with Crippen molar-refractivity contribution in [1.82, 2.24) is 0 Å². The van der Waals surface area contributed by atoms with Crippen LogP contribution in [-0.4, -0.2) is 52.6 Å². The maximum atomic E-state index is 11.5. The van der Waals surface area contributed by atoms with Crippen LogP contribution in [0.2, 0.25) is 0 Å². The quantitative estimate of drug-likeness (QED) is 0.469. The molecular formula is C10H18O5. The first kappa shape index (κ1) is 12.6. The van der Waals surface area contributed by atoms with Gasteiger partial charge in [0.1, 0.15) is 5.78 Å². The van der Waals surface area contributed by atoms with E-state index in [4.69, 9.17) is 0 Å². The third-order valence-corrected chi connectivity index (χ3v) is 3.24. The molecule has 5 nitrogen and oxygen atoms in total. The first-order chi connectivity index (χ1) is 7.05. The highest BCUT2D eigenvalue weighted by Crippen LogP contribution is 2.44.